The Kier molecular flexibility index (Phi) is 4.33. The molecule has 2 aromatic carbocycles. The number of alkyl halides is 1. The van der Waals surface area contributed by atoms with Gasteiger partial charge in [-0.1, -0.05) is 29.8 Å². The third-order valence-corrected chi connectivity index (χ3v) is 3.57. The Labute approximate surface area is 118 Å². The molecular formula is C16H17ClO2. The van der Waals surface area contributed by atoms with Crippen LogP contribution in [0.2, 0.25) is 0 Å². The minimum atomic E-state index is -0.235. The molecule has 0 saturated heterocycles. The predicted octanol–water partition coefficient (Wildman–Crippen LogP) is 4.34. The lowest BCUT2D eigenvalue weighted by Gasteiger charge is -2.15. The van der Waals surface area contributed by atoms with Crippen LogP contribution in [0.25, 0.3) is 0 Å². The highest BCUT2D eigenvalue weighted by Gasteiger charge is 2.16. The van der Waals surface area contributed by atoms with Crippen LogP contribution in [0.15, 0.2) is 42.5 Å². The molecule has 0 heterocycles. The van der Waals surface area contributed by atoms with Crippen molar-refractivity contribution < 1.29 is 9.47 Å². The minimum Gasteiger partial charge on any atom is -0.497 e. The van der Waals surface area contributed by atoms with Crippen molar-refractivity contribution in [1.82, 2.24) is 0 Å². The van der Waals surface area contributed by atoms with E-state index in [2.05, 4.69) is 19.1 Å². The summed E-state index contributed by atoms with van der Waals surface area (Å²) >= 11 is 6.54. The van der Waals surface area contributed by atoms with Crippen molar-refractivity contribution in [3.05, 3.63) is 59.2 Å². The first-order chi connectivity index (χ1) is 9.15. The molecular weight excluding hydrogens is 260 g/mol. The van der Waals surface area contributed by atoms with Gasteiger partial charge in [0.1, 0.15) is 11.5 Å². The largest absolute Gasteiger partial charge is 0.497 e. The molecule has 2 aromatic rings. The SMILES string of the molecule is COc1ccc(C(Cl)c2ccc(C)cc2)c(OC)c1. The molecule has 3 heteroatoms. The standard InChI is InChI=1S/C16H17ClO2/c1-11-4-6-12(7-5-11)16(17)14-9-8-13(18-2)10-15(14)19-3/h4-10,16H,1-3H3. The van der Waals surface area contributed by atoms with Crippen LogP contribution in [0.5, 0.6) is 11.5 Å². The molecule has 0 aliphatic rings. The van der Waals surface area contributed by atoms with Gasteiger partial charge in [0.25, 0.3) is 0 Å². The molecule has 0 bridgehead atoms. The van der Waals surface area contributed by atoms with Crippen LogP contribution in [0.3, 0.4) is 0 Å². The van der Waals surface area contributed by atoms with Gasteiger partial charge < -0.3 is 9.47 Å². The van der Waals surface area contributed by atoms with Crippen LogP contribution in [-0.4, -0.2) is 14.2 Å². The van der Waals surface area contributed by atoms with Crippen molar-refractivity contribution in [2.75, 3.05) is 14.2 Å². The lowest BCUT2D eigenvalue weighted by atomic mass is 10.0. The third-order valence-electron chi connectivity index (χ3n) is 3.08. The van der Waals surface area contributed by atoms with E-state index >= 15 is 0 Å². The third kappa shape index (κ3) is 3.02. The molecule has 19 heavy (non-hydrogen) atoms. The summed E-state index contributed by atoms with van der Waals surface area (Å²) in [6, 6.07) is 13.9. The van der Waals surface area contributed by atoms with Crippen LogP contribution < -0.4 is 9.47 Å². The fourth-order valence-electron chi connectivity index (χ4n) is 1.94. The van der Waals surface area contributed by atoms with Crippen molar-refractivity contribution in [3.8, 4) is 11.5 Å². The molecule has 0 saturated carbocycles. The van der Waals surface area contributed by atoms with Gasteiger partial charge in [0.05, 0.1) is 19.6 Å². The number of aryl methyl sites for hydroxylation is 1. The van der Waals surface area contributed by atoms with E-state index in [0.29, 0.717) is 0 Å². The van der Waals surface area contributed by atoms with E-state index < -0.39 is 0 Å². The fourth-order valence-corrected chi connectivity index (χ4v) is 2.27. The molecule has 0 amide bonds. The van der Waals surface area contributed by atoms with Crippen LogP contribution in [0.1, 0.15) is 22.1 Å². The Hall–Kier alpha value is -1.67. The highest BCUT2D eigenvalue weighted by molar-refractivity contribution is 6.22. The highest BCUT2D eigenvalue weighted by Crippen LogP contribution is 2.36. The minimum absolute atomic E-state index is 0.235. The van der Waals surface area contributed by atoms with Gasteiger partial charge in [0, 0.05) is 11.6 Å². The van der Waals surface area contributed by atoms with Gasteiger partial charge in [-0.3, -0.25) is 0 Å². The van der Waals surface area contributed by atoms with Crippen molar-refractivity contribution in [2.24, 2.45) is 0 Å². The van der Waals surface area contributed by atoms with Crippen LogP contribution in [0.4, 0.5) is 0 Å². The van der Waals surface area contributed by atoms with Gasteiger partial charge in [-0.15, -0.1) is 11.6 Å². The van der Waals surface area contributed by atoms with E-state index in [1.807, 2.05) is 30.3 Å². The zero-order chi connectivity index (χ0) is 13.8. The molecule has 1 atom stereocenters. The zero-order valence-electron chi connectivity index (χ0n) is 11.3. The van der Waals surface area contributed by atoms with E-state index in [0.717, 1.165) is 22.6 Å². The van der Waals surface area contributed by atoms with Gasteiger partial charge in [-0.05, 0) is 24.6 Å². The molecule has 1 unspecified atom stereocenters. The molecule has 0 aliphatic carbocycles. The van der Waals surface area contributed by atoms with Gasteiger partial charge in [-0.25, -0.2) is 0 Å². The monoisotopic (exact) mass is 276 g/mol. The van der Waals surface area contributed by atoms with Crippen molar-refractivity contribution in [2.45, 2.75) is 12.3 Å². The highest BCUT2D eigenvalue weighted by atomic mass is 35.5. The lowest BCUT2D eigenvalue weighted by molar-refractivity contribution is 0.391. The summed E-state index contributed by atoms with van der Waals surface area (Å²) in [5, 5.41) is -0.235. The number of halogens is 1. The maximum atomic E-state index is 6.54. The van der Waals surface area contributed by atoms with E-state index in [4.69, 9.17) is 21.1 Å². The van der Waals surface area contributed by atoms with Gasteiger partial charge >= 0.3 is 0 Å². The first-order valence-corrected chi connectivity index (χ1v) is 6.52. The smallest absolute Gasteiger partial charge is 0.127 e. The van der Waals surface area contributed by atoms with Crippen LogP contribution in [0, 0.1) is 6.92 Å². The number of hydrogen-bond acceptors (Lipinski definition) is 2. The second kappa shape index (κ2) is 5.98. The summed E-state index contributed by atoms with van der Waals surface area (Å²) in [4.78, 5) is 0. The van der Waals surface area contributed by atoms with E-state index in [1.165, 1.54) is 5.56 Å². The average Bonchev–Trinajstić information content (AvgIpc) is 2.46. The molecule has 0 spiro atoms. The summed E-state index contributed by atoms with van der Waals surface area (Å²) in [6.07, 6.45) is 0. The molecule has 2 nitrogen and oxygen atoms in total. The normalized spacial score (nSPS) is 12.0. The van der Waals surface area contributed by atoms with E-state index in [1.54, 1.807) is 14.2 Å². The second-order valence-electron chi connectivity index (χ2n) is 4.38. The Morgan fingerprint density at radius 1 is 0.947 bits per heavy atom. The van der Waals surface area contributed by atoms with Crippen molar-refractivity contribution >= 4 is 11.6 Å². The summed E-state index contributed by atoms with van der Waals surface area (Å²) in [5.74, 6) is 1.49. The first kappa shape index (κ1) is 13.8. The maximum absolute atomic E-state index is 6.54. The number of benzene rings is 2. The van der Waals surface area contributed by atoms with E-state index in [-0.39, 0.29) is 5.38 Å². The van der Waals surface area contributed by atoms with Crippen LogP contribution >= 0.6 is 11.6 Å². The summed E-state index contributed by atoms with van der Waals surface area (Å²) in [7, 11) is 3.27. The summed E-state index contributed by atoms with van der Waals surface area (Å²) in [6.45, 7) is 2.06. The van der Waals surface area contributed by atoms with Crippen molar-refractivity contribution in [1.29, 1.82) is 0 Å². The summed E-state index contributed by atoms with van der Waals surface area (Å²) < 4.78 is 10.6. The molecule has 100 valence electrons. The topological polar surface area (TPSA) is 18.5 Å². The predicted molar refractivity (Wildman–Crippen MR) is 78.4 cm³/mol. The molecule has 2 rings (SSSR count). The Morgan fingerprint density at radius 2 is 1.63 bits per heavy atom. The molecule has 0 radical (unpaired) electrons. The summed E-state index contributed by atoms with van der Waals surface area (Å²) in [5.41, 5.74) is 3.21. The van der Waals surface area contributed by atoms with Gasteiger partial charge in [0.15, 0.2) is 0 Å². The first-order valence-electron chi connectivity index (χ1n) is 6.08. The van der Waals surface area contributed by atoms with Crippen LogP contribution in [-0.2, 0) is 0 Å². The number of ether oxygens (including phenoxy) is 2. The molecule has 0 fully saturated rings. The Balaban J connectivity index is 2.37. The number of methoxy groups -OCH3 is 2. The lowest BCUT2D eigenvalue weighted by Crippen LogP contribution is -1.98. The second-order valence-corrected chi connectivity index (χ2v) is 4.82. The van der Waals surface area contributed by atoms with Gasteiger partial charge in [0.2, 0.25) is 0 Å². The fraction of sp³-hybridized carbons (Fsp3) is 0.250. The molecule has 0 aliphatic heterocycles. The number of rotatable bonds is 4. The van der Waals surface area contributed by atoms with Crippen molar-refractivity contribution in [3.63, 3.8) is 0 Å². The zero-order valence-corrected chi connectivity index (χ0v) is 12.1. The maximum Gasteiger partial charge on any atom is 0.127 e. The van der Waals surface area contributed by atoms with E-state index in [9.17, 15) is 0 Å². The molecule has 0 aromatic heterocycles. The number of hydrogen-bond donors (Lipinski definition) is 0. The Morgan fingerprint density at radius 3 is 2.21 bits per heavy atom. The van der Waals surface area contributed by atoms with Gasteiger partial charge in [-0.2, -0.15) is 0 Å². The average molecular weight is 277 g/mol. The quantitative estimate of drug-likeness (QED) is 0.774. The Bertz CT molecular complexity index is 549. The molecule has 0 N–H and O–H groups in total.